The number of aromatic nitrogens is 3. The van der Waals surface area contributed by atoms with Gasteiger partial charge in [0.15, 0.2) is 15.5 Å². The van der Waals surface area contributed by atoms with Crippen LogP contribution in [0.3, 0.4) is 0 Å². The van der Waals surface area contributed by atoms with Crippen LogP contribution in [0.25, 0.3) is 21.6 Å². The summed E-state index contributed by atoms with van der Waals surface area (Å²) in [7, 11) is -3.18. The zero-order valence-electron chi connectivity index (χ0n) is 18.3. The lowest BCUT2D eigenvalue weighted by molar-refractivity contribution is -0.137. The van der Waals surface area contributed by atoms with Crippen LogP contribution < -0.4 is 5.32 Å². The van der Waals surface area contributed by atoms with E-state index in [4.69, 9.17) is 4.98 Å². The minimum absolute atomic E-state index is 0.0544. The van der Waals surface area contributed by atoms with Gasteiger partial charge in [0.25, 0.3) is 5.91 Å². The fourth-order valence-corrected chi connectivity index (χ4v) is 6.58. The number of carbonyl (C=O) groups is 1. The third kappa shape index (κ3) is 4.55. The van der Waals surface area contributed by atoms with Crippen molar-refractivity contribution in [1.82, 2.24) is 14.8 Å². The Bertz CT molecular complexity index is 1530. The summed E-state index contributed by atoms with van der Waals surface area (Å²) in [6, 6.07) is 9.12. The van der Waals surface area contributed by atoms with Gasteiger partial charge in [0.1, 0.15) is 0 Å². The van der Waals surface area contributed by atoms with Crippen LogP contribution >= 0.6 is 11.3 Å². The van der Waals surface area contributed by atoms with Gasteiger partial charge in [-0.15, -0.1) is 11.3 Å². The number of thiophene rings is 1. The number of aryl methyl sites for hydroxylation is 1. The predicted molar refractivity (Wildman–Crippen MR) is 127 cm³/mol. The molecule has 0 bridgehead atoms. The van der Waals surface area contributed by atoms with Gasteiger partial charge in [0.05, 0.1) is 50.3 Å². The number of sulfone groups is 1. The van der Waals surface area contributed by atoms with E-state index in [1.54, 1.807) is 17.7 Å². The number of nitrogens with zero attached hydrogens (tertiary/aromatic N) is 3. The molecule has 1 aromatic carbocycles. The van der Waals surface area contributed by atoms with Crippen molar-refractivity contribution in [3.8, 4) is 10.6 Å². The van der Waals surface area contributed by atoms with E-state index in [9.17, 15) is 26.4 Å². The highest BCUT2D eigenvalue weighted by atomic mass is 32.2. The van der Waals surface area contributed by atoms with E-state index in [0.29, 0.717) is 28.8 Å². The van der Waals surface area contributed by atoms with Crippen molar-refractivity contribution in [3.63, 3.8) is 0 Å². The summed E-state index contributed by atoms with van der Waals surface area (Å²) < 4.78 is 64.4. The van der Waals surface area contributed by atoms with Crippen LogP contribution in [0, 0.1) is 6.92 Å². The Labute approximate surface area is 202 Å². The van der Waals surface area contributed by atoms with Crippen LogP contribution in [0.4, 0.5) is 18.9 Å². The summed E-state index contributed by atoms with van der Waals surface area (Å²) in [6.45, 7) is 1.71. The van der Waals surface area contributed by atoms with Crippen molar-refractivity contribution in [1.29, 1.82) is 0 Å². The second-order valence-electron chi connectivity index (χ2n) is 8.35. The molecular weight excluding hydrogens is 501 g/mol. The van der Waals surface area contributed by atoms with Crippen molar-refractivity contribution in [3.05, 3.63) is 64.7 Å². The highest BCUT2D eigenvalue weighted by molar-refractivity contribution is 7.91. The smallest absolute Gasteiger partial charge is 0.322 e. The second kappa shape index (κ2) is 8.45. The van der Waals surface area contributed by atoms with E-state index in [1.807, 2.05) is 17.5 Å². The Morgan fingerprint density at radius 2 is 1.94 bits per heavy atom. The van der Waals surface area contributed by atoms with Gasteiger partial charge in [-0.3, -0.25) is 4.79 Å². The molecule has 12 heteroatoms. The lowest BCUT2D eigenvalue weighted by atomic mass is 10.1. The van der Waals surface area contributed by atoms with Crippen molar-refractivity contribution < 1.29 is 26.4 Å². The number of carbonyl (C=O) groups excluding carboxylic acids is 1. The molecule has 182 valence electrons. The van der Waals surface area contributed by atoms with E-state index in [2.05, 4.69) is 10.4 Å². The van der Waals surface area contributed by atoms with Crippen molar-refractivity contribution >= 4 is 43.8 Å². The molecule has 35 heavy (non-hydrogen) atoms. The minimum Gasteiger partial charge on any atom is -0.322 e. The van der Waals surface area contributed by atoms with Gasteiger partial charge in [0.2, 0.25) is 0 Å². The monoisotopic (exact) mass is 520 g/mol. The van der Waals surface area contributed by atoms with Gasteiger partial charge in [-0.2, -0.15) is 18.3 Å². The lowest BCUT2D eigenvalue weighted by Gasteiger charge is -2.12. The van der Waals surface area contributed by atoms with E-state index in [1.165, 1.54) is 23.5 Å². The van der Waals surface area contributed by atoms with Crippen LogP contribution in [-0.2, 0) is 16.0 Å². The number of amides is 1. The van der Waals surface area contributed by atoms with Crippen molar-refractivity contribution in [2.75, 3.05) is 16.8 Å². The topological polar surface area (TPSA) is 93.9 Å². The summed E-state index contributed by atoms with van der Waals surface area (Å²) in [4.78, 5) is 18.9. The van der Waals surface area contributed by atoms with Gasteiger partial charge in [0, 0.05) is 5.69 Å². The highest BCUT2D eigenvalue weighted by Gasteiger charge is 2.33. The molecule has 0 aliphatic carbocycles. The normalized spacial score (nSPS) is 17.7. The van der Waals surface area contributed by atoms with Gasteiger partial charge in [-0.05, 0) is 55.1 Å². The Morgan fingerprint density at radius 3 is 2.54 bits per heavy atom. The molecule has 7 nitrogen and oxygen atoms in total. The first kappa shape index (κ1) is 23.5. The molecule has 5 rings (SSSR count). The molecule has 1 aliphatic heterocycles. The fraction of sp³-hybridized carbons (Fsp3) is 0.261. The number of alkyl halides is 3. The number of anilines is 1. The summed E-state index contributed by atoms with van der Waals surface area (Å²) in [5, 5.41) is 9.54. The molecule has 1 fully saturated rings. The van der Waals surface area contributed by atoms with Crippen molar-refractivity contribution in [2.24, 2.45) is 0 Å². The highest BCUT2D eigenvalue weighted by Crippen LogP contribution is 2.34. The molecule has 1 atom stereocenters. The first-order chi connectivity index (χ1) is 16.5. The summed E-state index contributed by atoms with van der Waals surface area (Å²) in [5.74, 6) is -0.526. The van der Waals surface area contributed by atoms with Crippen LogP contribution in [-0.4, -0.2) is 40.6 Å². The first-order valence-electron chi connectivity index (χ1n) is 10.6. The van der Waals surface area contributed by atoms with Crippen LogP contribution in [0.5, 0.6) is 0 Å². The van der Waals surface area contributed by atoms with Crippen LogP contribution in [0.15, 0.2) is 47.8 Å². The maximum Gasteiger partial charge on any atom is 0.416 e. The standard InChI is InChI=1S/C23H19F3N4O3S2/c1-13-20-17(22(31)27-15-6-4-14(5-7-15)23(24,25)26)11-18(19-3-2-9-34-19)28-21(20)30(29-13)16-8-10-35(32,33)12-16/h2-7,9,11,16H,8,10,12H2,1H3,(H,27,31). The molecule has 1 aliphatic rings. The largest absolute Gasteiger partial charge is 0.416 e. The maximum absolute atomic E-state index is 13.3. The number of hydrogen-bond acceptors (Lipinski definition) is 6. The average Bonchev–Trinajstić information content (AvgIpc) is 3.52. The third-order valence-electron chi connectivity index (χ3n) is 5.88. The number of fused-ring (bicyclic) bond motifs is 1. The summed E-state index contributed by atoms with van der Waals surface area (Å²) in [5.41, 5.74) is 1.07. The first-order valence-corrected chi connectivity index (χ1v) is 13.3. The molecule has 4 heterocycles. The lowest BCUT2D eigenvalue weighted by Crippen LogP contribution is -2.15. The fourth-order valence-electron chi connectivity index (χ4n) is 4.21. The van der Waals surface area contributed by atoms with Gasteiger partial charge < -0.3 is 5.32 Å². The Balaban J connectivity index is 1.59. The molecule has 0 saturated carbocycles. The minimum atomic E-state index is -4.48. The van der Waals surface area contributed by atoms with Crippen LogP contribution in [0.1, 0.15) is 34.1 Å². The van der Waals surface area contributed by atoms with Gasteiger partial charge in [-0.25, -0.2) is 18.1 Å². The SMILES string of the molecule is Cc1nn(C2CCS(=O)(=O)C2)c2nc(-c3cccs3)cc(C(=O)Nc3ccc(C(F)(F)F)cc3)c12. The molecule has 4 aromatic rings. The summed E-state index contributed by atoms with van der Waals surface area (Å²) >= 11 is 1.43. The van der Waals surface area contributed by atoms with Gasteiger partial charge >= 0.3 is 6.18 Å². The van der Waals surface area contributed by atoms with Gasteiger partial charge in [-0.1, -0.05) is 6.07 Å². The number of nitrogens with one attached hydrogen (secondary N) is 1. The van der Waals surface area contributed by atoms with E-state index in [0.717, 1.165) is 17.0 Å². The molecular formula is C23H19F3N4O3S2. The maximum atomic E-state index is 13.3. The zero-order chi connectivity index (χ0) is 25.0. The van der Waals surface area contributed by atoms with Crippen molar-refractivity contribution in [2.45, 2.75) is 25.6 Å². The Kier molecular flexibility index (Phi) is 5.67. The Hall–Kier alpha value is -3.25. The number of halogens is 3. The zero-order valence-corrected chi connectivity index (χ0v) is 20.0. The van der Waals surface area contributed by atoms with E-state index < -0.39 is 33.5 Å². The quantitative estimate of drug-likeness (QED) is 0.404. The molecule has 1 N–H and O–H groups in total. The third-order valence-corrected chi connectivity index (χ3v) is 8.52. The summed E-state index contributed by atoms with van der Waals surface area (Å²) in [6.07, 6.45) is -4.08. The number of hydrogen-bond donors (Lipinski definition) is 1. The van der Waals surface area contributed by atoms with Crippen LogP contribution in [0.2, 0.25) is 0 Å². The average molecular weight is 521 g/mol. The second-order valence-corrected chi connectivity index (χ2v) is 11.5. The molecule has 0 radical (unpaired) electrons. The molecule has 1 saturated heterocycles. The molecule has 1 amide bonds. The predicted octanol–water partition coefficient (Wildman–Crippen LogP) is 5.10. The van der Waals surface area contributed by atoms with E-state index >= 15 is 0 Å². The Morgan fingerprint density at radius 1 is 1.20 bits per heavy atom. The number of pyridine rings is 1. The molecule has 3 aromatic heterocycles. The number of rotatable bonds is 4. The number of benzene rings is 1. The molecule has 0 spiro atoms. The molecule has 1 unspecified atom stereocenters. The van der Waals surface area contributed by atoms with E-state index in [-0.39, 0.29) is 22.8 Å².